The summed E-state index contributed by atoms with van der Waals surface area (Å²) < 4.78 is 10.4. The smallest absolute Gasteiger partial charge is 0.330 e. The van der Waals surface area contributed by atoms with Gasteiger partial charge in [-0.1, -0.05) is 25.8 Å². The molecule has 3 rings (SSSR count). The Morgan fingerprint density at radius 3 is 2.56 bits per heavy atom. The summed E-state index contributed by atoms with van der Waals surface area (Å²) >= 11 is 0. The molecule has 0 bridgehead atoms. The van der Waals surface area contributed by atoms with Crippen molar-refractivity contribution < 1.29 is 29.0 Å². The summed E-state index contributed by atoms with van der Waals surface area (Å²) in [6, 6.07) is 0. The highest BCUT2D eigenvalue weighted by Gasteiger charge is 2.66. The van der Waals surface area contributed by atoms with E-state index < -0.39 is 17.4 Å². The molecule has 0 aromatic carbocycles. The molecule has 0 amide bonds. The van der Waals surface area contributed by atoms with Gasteiger partial charge < -0.3 is 19.5 Å². The van der Waals surface area contributed by atoms with Crippen molar-refractivity contribution in [3.8, 4) is 0 Å². The molecule has 0 saturated heterocycles. The van der Waals surface area contributed by atoms with Crippen LogP contribution in [-0.4, -0.2) is 68.2 Å². The molecule has 180 valence electrons. The highest BCUT2D eigenvalue weighted by atomic mass is 16.5. The molecule has 1 unspecified atom stereocenters. The van der Waals surface area contributed by atoms with E-state index in [0.717, 1.165) is 24.8 Å². The second kappa shape index (κ2) is 9.26. The van der Waals surface area contributed by atoms with Gasteiger partial charge in [-0.3, -0.25) is 9.59 Å². The lowest BCUT2D eigenvalue weighted by molar-refractivity contribution is -0.198. The van der Waals surface area contributed by atoms with Crippen molar-refractivity contribution in [3.63, 3.8) is 0 Å². The molecule has 7 atom stereocenters. The highest BCUT2D eigenvalue weighted by molar-refractivity contribution is 5.90. The average Bonchev–Trinajstić information content (AvgIpc) is 2.72. The van der Waals surface area contributed by atoms with Crippen LogP contribution in [0.25, 0.3) is 0 Å². The first-order valence-electron chi connectivity index (χ1n) is 11.8. The number of carbonyl (C=O) groups excluding carboxylic acids is 3. The van der Waals surface area contributed by atoms with Gasteiger partial charge in [0.05, 0.1) is 12.5 Å². The second-order valence-electron chi connectivity index (χ2n) is 10.7. The first-order valence-corrected chi connectivity index (χ1v) is 11.8. The first-order chi connectivity index (χ1) is 15.0. The molecule has 1 N–H and O–H groups in total. The molecule has 7 nitrogen and oxygen atoms in total. The van der Waals surface area contributed by atoms with Crippen LogP contribution in [0.15, 0.2) is 11.6 Å². The minimum absolute atomic E-state index is 0.0598. The Morgan fingerprint density at radius 2 is 1.94 bits per heavy atom. The van der Waals surface area contributed by atoms with Crippen LogP contribution in [0.1, 0.15) is 52.9 Å². The number of hydrogen-bond donors (Lipinski definition) is 1. The number of aliphatic hydroxyl groups is 1. The van der Waals surface area contributed by atoms with E-state index in [4.69, 9.17) is 9.47 Å². The van der Waals surface area contributed by atoms with Crippen LogP contribution in [0.3, 0.4) is 0 Å². The second-order valence-corrected chi connectivity index (χ2v) is 10.7. The zero-order valence-electron chi connectivity index (χ0n) is 20.3. The van der Waals surface area contributed by atoms with E-state index in [0.29, 0.717) is 26.0 Å². The molecule has 0 aliphatic heterocycles. The summed E-state index contributed by atoms with van der Waals surface area (Å²) in [6.45, 7) is 6.94. The van der Waals surface area contributed by atoms with Crippen LogP contribution in [0.2, 0.25) is 0 Å². The first kappa shape index (κ1) is 24.9. The summed E-state index contributed by atoms with van der Waals surface area (Å²) in [5, 5.41) is 11.2. The van der Waals surface area contributed by atoms with Gasteiger partial charge in [0.25, 0.3) is 0 Å². The fraction of sp³-hybridized carbons (Fsp3) is 0.800. The SMILES string of the molecule is COC(=O)[C@@]1(C)CCC[C@@]2(C)[C@H]1[C@@H](O)C(=O)C1[C@@H](C)/C(=C/C(=O)OCCN(C)C)CC[C@@H]12. The maximum Gasteiger partial charge on any atom is 0.330 e. The molecule has 32 heavy (non-hydrogen) atoms. The molecule has 0 aromatic rings. The van der Waals surface area contributed by atoms with Gasteiger partial charge in [-0.15, -0.1) is 0 Å². The van der Waals surface area contributed by atoms with Gasteiger partial charge in [-0.2, -0.15) is 0 Å². The molecule has 3 aliphatic rings. The quantitative estimate of drug-likeness (QED) is 0.509. The normalized spacial score (nSPS) is 40.6. The molecular formula is C25H39NO6. The number of aliphatic hydroxyl groups excluding tert-OH is 1. The van der Waals surface area contributed by atoms with Crippen molar-refractivity contribution in [2.75, 3.05) is 34.4 Å². The van der Waals surface area contributed by atoms with Gasteiger partial charge in [0, 0.05) is 24.5 Å². The zero-order valence-corrected chi connectivity index (χ0v) is 20.3. The molecule has 0 spiro atoms. The van der Waals surface area contributed by atoms with E-state index in [-0.39, 0.29) is 40.9 Å². The van der Waals surface area contributed by atoms with Gasteiger partial charge in [0.15, 0.2) is 5.78 Å². The lowest BCUT2D eigenvalue weighted by Crippen LogP contribution is -2.65. The van der Waals surface area contributed by atoms with Crippen molar-refractivity contribution in [2.24, 2.45) is 34.5 Å². The molecule has 0 aromatic heterocycles. The maximum absolute atomic E-state index is 13.5. The lowest BCUT2D eigenvalue weighted by atomic mass is 9.42. The summed E-state index contributed by atoms with van der Waals surface area (Å²) in [7, 11) is 5.20. The summed E-state index contributed by atoms with van der Waals surface area (Å²) in [5.74, 6) is -1.83. The lowest BCUT2D eigenvalue weighted by Gasteiger charge is -2.61. The minimum Gasteiger partial charge on any atom is -0.469 e. The number of ketones is 1. The average molecular weight is 450 g/mol. The Balaban J connectivity index is 1.87. The van der Waals surface area contributed by atoms with Gasteiger partial charge in [-0.25, -0.2) is 4.79 Å². The molecule has 0 radical (unpaired) electrons. The summed E-state index contributed by atoms with van der Waals surface area (Å²) in [4.78, 5) is 40.5. The molecular weight excluding hydrogens is 410 g/mol. The van der Waals surface area contributed by atoms with Crippen LogP contribution in [0.4, 0.5) is 0 Å². The van der Waals surface area contributed by atoms with Gasteiger partial charge in [0.2, 0.25) is 0 Å². The summed E-state index contributed by atoms with van der Waals surface area (Å²) in [6.07, 6.45) is 4.15. The predicted molar refractivity (Wildman–Crippen MR) is 120 cm³/mol. The third-order valence-corrected chi connectivity index (χ3v) is 8.63. The number of nitrogens with zero attached hydrogens (tertiary/aromatic N) is 1. The van der Waals surface area contributed by atoms with Crippen molar-refractivity contribution >= 4 is 17.7 Å². The van der Waals surface area contributed by atoms with Crippen LogP contribution in [0, 0.1) is 34.5 Å². The van der Waals surface area contributed by atoms with Crippen molar-refractivity contribution in [2.45, 2.75) is 59.0 Å². The largest absolute Gasteiger partial charge is 0.469 e. The number of hydrogen-bond acceptors (Lipinski definition) is 7. The molecule has 3 aliphatic carbocycles. The monoisotopic (exact) mass is 449 g/mol. The number of allylic oxidation sites excluding steroid dienone is 1. The van der Waals surface area contributed by atoms with Crippen molar-refractivity contribution in [1.82, 2.24) is 4.90 Å². The Morgan fingerprint density at radius 1 is 1.25 bits per heavy atom. The van der Waals surface area contributed by atoms with Crippen LogP contribution >= 0.6 is 0 Å². The van der Waals surface area contributed by atoms with E-state index in [1.807, 2.05) is 32.8 Å². The number of rotatable bonds is 5. The Labute approximate surface area is 191 Å². The van der Waals surface area contributed by atoms with E-state index in [1.165, 1.54) is 7.11 Å². The van der Waals surface area contributed by atoms with E-state index in [1.54, 1.807) is 6.08 Å². The molecule has 3 saturated carbocycles. The summed E-state index contributed by atoms with van der Waals surface area (Å²) in [5.41, 5.74) is -0.307. The van der Waals surface area contributed by atoms with Gasteiger partial charge in [-0.05, 0) is 64.0 Å². The number of esters is 2. The maximum atomic E-state index is 13.5. The van der Waals surface area contributed by atoms with E-state index in [2.05, 4.69) is 6.92 Å². The zero-order chi connectivity index (χ0) is 23.8. The van der Waals surface area contributed by atoms with Gasteiger partial charge >= 0.3 is 11.9 Å². The highest BCUT2D eigenvalue weighted by Crippen LogP contribution is 2.64. The van der Waals surface area contributed by atoms with Crippen LogP contribution in [-0.2, 0) is 23.9 Å². The predicted octanol–water partition coefficient (Wildman–Crippen LogP) is 2.61. The fourth-order valence-corrected chi connectivity index (χ4v) is 7.04. The number of fused-ring (bicyclic) bond motifs is 3. The van der Waals surface area contributed by atoms with Crippen molar-refractivity contribution in [1.29, 1.82) is 0 Å². The standard InChI is InChI=1S/C25H39NO6/c1-15-16(14-18(27)32-13-12-26(4)5)8-9-17-19(15)20(28)21(29)22-24(17,2)10-7-11-25(22,3)23(30)31-6/h14-15,17,19,21-22,29H,7-13H2,1-6H3/b16-14+/t15-,17-,19?,21-,22+,24+,25-/m0/s1. The Hall–Kier alpha value is -1.73. The third kappa shape index (κ3) is 4.14. The minimum atomic E-state index is -1.21. The number of ether oxygens (including phenoxy) is 2. The van der Waals surface area contributed by atoms with Crippen molar-refractivity contribution in [3.05, 3.63) is 11.6 Å². The number of methoxy groups -OCH3 is 1. The molecule has 3 fully saturated rings. The number of carbonyl (C=O) groups is 3. The Bertz CT molecular complexity index is 791. The number of likely N-dealkylation sites (N-methyl/N-ethyl adjacent to an activating group) is 1. The number of Topliss-reactive ketones (excluding diaryl/α,β-unsaturated/α-hetero) is 1. The van der Waals surface area contributed by atoms with Gasteiger partial charge in [0.1, 0.15) is 12.7 Å². The molecule has 7 heteroatoms. The Kier molecular flexibility index (Phi) is 7.20. The topological polar surface area (TPSA) is 93.1 Å². The van der Waals surface area contributed by atoms with Crippen LogP contribution in [0.5, 0.6) is 0 Å². The third-order valence-electron chi connectivity index (χ3n) is 8.63. The molecule has 0 heterocycles. The van der Waals surface area contributed by atoms with Crippen LogP contribution < -0.4 is 0 Å². The fourth-order valence-electron chi connectivity index (χ4n) is 7.04. The van der Waals surface area contributed by atoms with E-state index >= 15 is 0 Å². The van der Waals surface area contributed by atoms with E-state index in [9.17, 15) is 19.5 Å².